The molecule has 1 heterocycles. The molecule has 0 aromatic heterocycles. The second-order valence-corrected chi connectivity index (χ2v) is 6.66. The van der Waals surface area contributed by atoms with Crippen LogP contribution in [0.4, 0.5) is 5.69 Å². The van der Waals surface area contributed by atoms with E-state index in [2.05, 4.69) is 15.9 Å². The number of hydrogen-bond acceptors (Lipinski definition) is 3. The second kappa shape index (κ2) is 6.12. The van der Waals surface area contributed by atoms with Crippen molar-refractivity contribution in [3.8, 4) is 5.75 Å². The molecule has 108 valence electrons. The van der Waals surface area contributed by atoms with E-state index < -0.39 is 0 Å². The quantitative estimate of drug-likeness (QED) is 0.816. The van der Waals surface area contributed by atoms with E-state index in [9.17, 15) is 4.79 Å². The van der Waals surface area contributed by atoms with Gasteiger partial charge in [-0.2, -0.15) is 0 Å². The second-order valence-electron chi connectivity index (χ2n) is 4.68. The van der Waals surface area contributed by atoms with Crippen molar-refractivity contribution in [1.82, 2.24) is 0 Å². The summed E-state index contributed by atoms with van der Waals surface area (Å²) in [6, 6.07) is 15.7. The van der Waals surface area contributed by atoms with Crippen molar-refractivity contribution >= 4 is 39.3 Å². The van der Waals surface area contributed by atoms with Crippen LogP contribution in [0.25, 0.3) is 0 Å². The van der Waals surface area contributed by atoms with Crippen molar-refractivity contribution in [2.75, 3.05) is 17.8 Å². The van der Waals surface area contributed by atoms with Gasteiger partial charge in [-0.1, -0.05) is 28.1 Å². The summed E-state index contributed by atoms with van der Waals surface area (Å²) in [5.41, 5.74) is 2.03. The molecule has 3 rings (SSSR count). The highest BCUT2D eigenvalue weighted by atomic mass is 79.9. The van der Waals surface area contributed by atoms with Crippen molar-refractivity contribution in [1.29, 1.82) is 0 Å². The Kier molecular flexibility index (Phi) is 4.22. The summed E-state index contributed by atoms with van der Waals surface area (Å²) in [7, 11) is 1.65. The summed E-state index contributed by atoms with van der Waals surface area (Å²) in [6.45, 7) is 0. The highest BCUT2D eigenvalue weighted by Crippen LogP contribution is 2.42. The van der Waals surface area contributed by atoms with E-state index in [0.717, 1.165) is 21.5 Å². The van der Waals surface area contributed by atoms with Gasteiger partial charge in [-0.05, 0) is 42.0 Å². The van der Waals surface area contributed by atoms with Crippen LogP contribution in [0.5, 0.6) is 5.75 Å². The predicted molar refractivity (Wildman–Crippen MR) is 89.8 cm³/mol. The number of carbonyl (C=O) groups is 1. The number of ether oxygens (including phenoxy) is 1. The molecule has 5 heteroatoms. The minimum atomic E-state index is 0.0181. The molecule has 0 aliphatic carbocycles. The topological polar surface area (TPSA) is 29.5 Å². The van der Waals surface area contributed by atoms with Gasteiger partial charge in [-0.25, -0.2) is 0 Å². The van der Waals surface area contributed by atoms with E-state index in [-0.39, 0.29) is 11.3 Å². The van der Waals surface area contributed by atoms with Crippen LogP contribution in [0.3, 0.4) is 0 Å². The Bertz CT molecular complexity index is 642. The van der Waals surface area contributed by atoms with Gasteiger partial charge in [-0.3, -0.25) is 9.69 Å². The Morgan fingerprint density at radius 2 is 1.81 bits per heavy atom. The molecular weight excluding hydrogens is 350 g/mol. The van der Waals surface area contributed by atoms with Gasteiger partial charge in [-0.15, -0.1) is 11.8 Å². The van der Waals surface area contributed by atoms with Crippen LogP contribution in [0, 0.1) is 0 Å². The number of hydrogen-bond donors (Lipinski definition) is 0. The fourth-order valence-electron chi connectivity index (χ4n) is 2.32. The molecule has 0 N–H and O–H groups in total. The molecule has 0 saturated carbocycles. The number of halogens is 1. The Hall–Kier alpha value is -1.46. The third-order valence-electron chi connectivity index (χ3n) is 3.37. The molecular formula is C16H14BrNO2S. The summed E-state index contributed by atoms with van der Waals surface area (Å²) in [4.78, 5) is 14.1. The van der Waals surface area contributed by atoms with Gasteiger partial charge in [0.1, 0.15) is 11.1 Å². The van der Waals surface area contributed by atoms with E-state index in [1.807, 2.05) is 53.4 Å². The van der Waals surface area contributed by atoms with Gasteiger partial charge in [0.25, 0.3) is 0 Å². The van der Waals surface area contributed by atoms with Crippen molar-refractivity contribution in [3.05, 3.63) is 58.6 Å². The van der Waals surface area contributed by atoms with E-state index in [1.54, 1.807) is 18.9 Å². The molecule has 2 aromatic carbocycles. The lowest BCUT2D eigenvalue weighted by Crippen LogP contribution is -2.27. The first-order valence-corrected chi connectivity index (χ1v) is 8.36. The predicted octanol–water partition coefficient (Wildman–Crippen LogP) is 4.24. The number of methoxy groups -OCH3 is 1. The van der Waals surface area contributed by atoms with Gasteiger partial charge in [0, 0.05) is 10.2 Å². The molecule has 1 aliphatic rings. The normalized spacial score (nSPS) is 18.1. The van der Waals surface area contributed by atoms with Gasteiger partial charge in [0.15, 0.2) is 0 Å². The maximum Gasteiger partial charge on any atom is 0.238 e. The highest BCUT2D eigenvalue weighted by molar-refractivity contribution is 9.10. The average Bonchev–Trinajstić information content (AvgIpc) is 2.90. The summed E-state index contributed by atoms with van der Waals surface area (Å²) >= 11 is 5.07. The Morgan fingerprint density at radius 1 is 1.14 bits per heavy atom. The molecule has 1 atom stereocenters. The van der Waals surface area contributed by atoms with Crippen molar-refractivity contribution in [2.45, 2.75) is 5.37 Å². The van der Waals surface area contributed by atoms with Crippen LogP contribution in [0.15, 0.2) is 53.0 Å². The van der Waals surface area contributed by atoms with E-state index in [4.69, 9.17) is 4.74 Å². The van der Waals surface area contributed by atoms with Gasteiger partial charge in [0.2, 0.25) is 5.91 Å². The van der Waals surface area contributed by atoms with Crippen molar-refractivity contribution in [3.63, 3.8) is 0 Å². The first kappa shape index (κ1) is 14.5. The zero-order valence-electron chi connectivity index (χ0n) is 11.5. The third kappa shape index (κ3) is 2.94. The maximum atomic E-state index is 12.2. The molecule has 1 saturated heterocycles. The fraction of sp³-hybridized carbons (Fsp3) is 0.188. The van der Waals surface area contributed by atoms with Gasteiger partial charge in [0.05, 0.1) is 12.9 Å². The molecule has 0 bridgehead atoms. The lowest BCUT2D eigenvalue weighted by Gasteiger charge is -2.24. The number of benzene rings is 2. The highest BCUT2D eigenvalue weighted by Gasteiger charge is 2.33. The molecule has 3 nitrogen and oxygen atoms in total. The van der Waals surface area contributed by atoms with Crippen LogP contribution >= 0.6 is 27.7 Å². The van der Waals surface area contributed by atoms with Crippen molar-refractivity contribution < 1.29 is 9.53 Å². The van der Waals surface area contributed by atoms with Gasteiger partial charge >= 0.3 is 0 Å². The molecule has 0 unspecified atom stereocenters. The molecule has 1 amide bonds. The number of nitrogens with zero attached hydrogens (tertiary/aromatic N) is 1. The summed E-state index contributed by atoms with van der Waals surface area (Å²) in [5.74, 6) is 1.47. The van der Waals surface area contributed by atoms with E-state index in [1.165, 1.54) is 0 Å². The third-order valence-corrected chi connectivity index (χ3v) is 5.11. The lowest BCUT2D eigenvalue weighted by molar-refractivity contribution is -0.115. The van der Waals surface area contributed by atoms with Crippen LogP contribution in [-0.4, -0.2) is 18.8 Å². The van der Waals surface area contributed by atoms with E-state index >= 15 is 0 Å². The largest absolute Gasteiger partial charge is 0.497 e. The minimum Gasteiger partial charge on any atom is -0.497 e. The fourth-order valence-corrected chi connectivity index (χ4v) is 3.76. The Morgan fingerprint density at radius 3 is 2.43 bits per heavy atom. The molecule has 1 fully saturated rings. The van der Waals surface area contributed by atoms with Gasteiger partial charge < -0.3 is 4.74 Å². The van der Waals surface area contributed by atoms with Crippen LogP contribution in [-0.2, 0) is 4.79 Å². The molecule has 21 heavy (non-hydrogen) atoms. The molecule has 2 aromatic rings. The standard InChI is InChI=1S/C16H14BrNO2S/c1-20-14-8-2-11(3-9-14)16-18(15(19)10-21-16)13-6-4-12(17)5-7-13/h2-9,16H,10H2,1H3/t16-/m1/s1. The number of amides is 1. The average molecular weight is 364 g/mol. The monoisotopic (exact) mass is 363 g/mol. The van der Waals surface area contributed by atoms with Crippen LogP contribution in [0.1, 0.15) is 10.9 Å². The minimum absolute atomic E-state index is 0.0181. The lowest BCUT2D eigenvalue weighted by atomic mass is 10.2. The zero-order chi connectivity index (χ0) is 14.8. The van der Waals surface area contributed by atoms with Crippen LogP contribution < -0.4 is 9.64 Å². The SMILES string of the molecule is COc1ccc([C@H]2SCC(=O)N2c2ccc(Br)cc2)cc1. The van der Waals surface area contributed by atoms with Crippen LogP contribution in [0.2, 0.25) is 0 Å². The first-order valence-electron chi connectivity index (χ1n) is 6.52. The maximum absolute atomic E-state index is 12.2. The summed E-state index contributed by atoms with van der Waals surface area (Å²) < 4.78 is 6.19. The number of thioether (sulfide) groups is 1. The Balaban J connectivity index is 1.93. The van der Waals surface area contributed by atoms with Crippen molar-refractivity contribution in [2.24, 2.45) is 0 Å². The number of carbonyl (C=O) groups excluding carboxylic acids is 1. The first-order chi connectivity index (χ1) is 10.2. The number of anilines is 1. The molecule has 1 aliphatic heterocycles. The Labute approximate surface area is 136 Å². The molecule has 0 spiro atoms. The summed E-state index contributed by atoms with van der Waals surface area (Å²) in [6.07, 6.45) is 0. The zero-order valence-corrected chi connectivity index (χ0v) is 13.9. The summed E-state index contributed by atoms with van der Waals surface area (Å²) in [5, 5.41) is 0.0181. The van der Waals surface area contributed by atoms with E-state index in [0.29, 0.717) is 5.75 Å². The smallest absolute Gasteiger partial charge is 0.238 e. The number of rotatable bonds is 3. The molecule has 0 radical (unpaired) electrons.